The Hall–Kier alpha value is -3.28. The van der Waals surface area contributed by atoms with E-state index in [9.17, 15) is 13.6 Å². The predicted molar refractivity (Wildman–Crippen MR) is 94.3 cm³/mol. The van der Waals surface area contributed by atoms with E-state index in [1.54, 1.807) is 19.2 Å². The number of benzene rings is 2. The van der Waals surface area contributed by atoms with Crippen LogP contribution in [0, 0.1) is 11.6 Å². The average molecular weight is 354 g/mol. The molecule has 0 fully saturated rings. The van der Waals surface area contributed by atoms with Gasteiger partial charge in [0, 0.05) is 12.1 Å². The molecule has 26 heavy (non-hydrogen) atoms. The maximum Gasteiger partial charge on any atom is 0.261 e. The van der Waals surface area contributed by atoms with Crippen LogP contribution in [0.25, 0.3) is 0 Å². The summed E-state index contributed by atoms with van der Waals surface area (Å²) in [5.74, 6) is -1.92. The van der Waals surface area contributed by atoms with E-state index in [1.165, 1.54) is 12.3 Å². The number of hydrogen-bond acceptors (Lipinski definition) is 3. The van der Waals surface area contributed by atoms with Gasteiger partial charge in [-0.15, -0.1) is 0 Å². The number of amides is 1. The zero-order chi connectivity index (χ0) is 18.5. The van der Waals surface area contributed by atoms with E-state index in [0.717, 1.165) is 29.1 Å². The average Bonchev–Trinajstić information content (AvgIpc) is 2.63. The number of carbonyl (C=O) groups excluding carboxylic acids is 1. The number of anilines is 1. The Morgan fingerprint density at radius 1 is 1.08 bits per heavy atom. The Balaban J connectivity index is 1.70. The van der Waals surface area contributed by atoms with Gasteiger partial charge in [0.1, 0.15) is 22.9 Å². The van der Waals surface area contributed by atoms with Crippen molar-refractivity contribution in [2.45, 2.75) is 6.42 Å². The van der Waals surface area contributed by atoms with E-state index in [-0.39, 0.29) is 0 Å². The van der Waals surface area contributed by atoms with E-state index < -0.39 is 23.1 Å². The summed E-state index contributed by atoms with van der Waals surface area (Å²) >= 11 is 0. The number of aromatic nitrogens is 1. The summed E-state index contributed by atoms with van der Waals surface area (Å²) in [5.41, 5.74) is 1.55. The molecule has 3 rings (SSSR count). The molecule has 0 bridgehead atoms. The number of ether oxygens (including phenoxy) is 1. The van der Waals surface area contributed by atoms with Gasteiger partial charge in [0.2, 0.25) is 0 Å². The smallest absolute Gasteiger partial charge is 0.261 e. The van der Waals surface area contributed by atoms with Gasteiger partial charge in [-0.1, -0.05) is 18.2 Å². The summed E-state index contributed by atoms with van der Waals surface area (Å²) in [6.07, 6.45) is 2.04. The van der Waals surface area contributed by atoms with Crippen molar-refractivity contribution in [1.29, 1.82) is 0 Å². The Morgan fingerprint density at radius 3 is 2.46 bits per heavy atom. The molecule has 0 radical (unpaired) electrons. The van der Waals surface area contributed by atoms with Gasteiger partial charge in [-0.25, -0.2) is 8.78 Å². The summed E-state index contributed by atoms with van der Waals surface area (Å²) in [6, 6.07) is 14.3. The lowest BCUT2D eigenvalue weighted by molar-refractivity contribution is 0.101. The number of rotatable bonds is 5. The van der Waals surface area contributed by atoms with Crippen LogP contribution in [0.1, 0.15) is 21.6 Å². The first-order valence-corrected chi connectivity index (χ1v) is 7.90. The molecule has 132 valence electrons. The van der Waals surface area contributed by atoms with Crippen molar-refractivity contribution in [2.75, 3.05) is 12.4 Å². The highest BCUT2D eigenvalue weighted by molar-refractivity contribution is 6.04. The van der Waals surface area contributed by atoms with Gasteiger partial charge >= 0.3 is 0 Å². The van der Waals surface area contributed by atoms with Crippen LogP contribution in [0.5, 0.6) is 5.75 Å². The fourth-order valence-electron chi connectivity index (χ4n) is 2.50. The molecule has 0 atom stereocenters. The number of nitrogens with one attached hydrogen (secondary N) is 1. The number of pyridine rings is 1. The molecule has 0 spiro atoms. The van der Waals surface area contributed by atoms with Crippen LogP contribution in [0.2, 0.25) is 0 Å². The lowest BCUT2D eigenvalue weighted by Gasteiger charge is -2.08. The number of nitrogens with zero attached hydrogens (tertiary/aromatic N) is 1. The Bertz CT molecular complexity index is 907. The molecular weight excluding hydrogens is 338 g/mol. The fraction of sp³-hybridized carbons (Fsp3) is 0.100. The van der Waals surface area contributed by atoms with E-state index in [2.05, 4.69) is 10.3 Å². The van der Waals surface area contributed by atoms with Crippen molar-refractivity contribution in [2.24, 2.45) is 0 Å². The molecule has 0 aliphatic rings. The SMILES string of the molecule is COc1cccc(Cc2ccc(NC(=O)c3c(F)cccc3F)cn2)c1. The van der Waals surface area contributed by atoms with E-state index >= 15 is 0 Å². The Morgan fingerprint density at radius 2 is 1.81 bits per heavy atom. The first-order valence-electron chi connectivity index (χ1n) is 7.90. The molecule has 0 aliphatic carbocycles. The number of hydrogen-bond donors (Lipinski definition) is 1. The third-order valence-corrected chi connectivity index (χ3v) is 3.79. The molecule has 0 unspecified atom stereocenters. The molecule has 0 saturated carbocycles. The van der Waals surface area contributed by atoms with Crippen molar-refractivity contribution in [1.82, 2.24) is 4.98 Å². The Labute approximate surface area is 149 Å². The van der Waals surface area contributed by atoms with Crippen LogP contribution in [0.15, 0.2) is 60.8 Å². The van der Waals surface area contributed by atoms with Crippen LogP contribution >= 0.6 is 0 Å². The molecule has 6 heteroatoms. The molecular formula is C20H16F2N2O2. The molecule has 1 aromatic heterocycles. The van der Waals surface area contributed by atoms with E-state index in [4.69, 9.17) is 4.74 Å². The third-order valence-electron chi connectivity index (χ3n) is 3.79. The molecule has 0 saturated heterocycles. The predicted octanol–water partition coefficient (Wildman–Crippen LogP) is 4.21. The summed E-state index contributed by atoms with van der Waals surface area (Å²) in [7, 11) is 1.60. The molecule has 4 nitrogen and oxygen atoms in total. The zero-order valence-corrected chi connectivity index (χ0v) is 14.0. The second-order valence-corrected chi connectivity index (χ2v) is 5.62. The highest BCUT2D eigenvalue weighted by Gasteiger charge is 2.17. The van der Waals surface area contributed by atoms with Crippen LogP contribution < -0.4 is 10.1 Å². The number of methoxy groups -OCH3 is 1. The van der Waals surface area contributed by atoms with Crippen LogP contribution in [0.3, 0.4) is 0 Å². The van der Waals surface area contributed by atoms with Gasteiger partial charge in [0.05, 0.1) is 19.0 Å². The first-order chi connectivity index (χ1) is 12.6. The monoisotopic (exact) mass is 354 g/mol. The minimum absolute atomic E-state index is 0.354. The molecule has 1 heterocycles. The van der Waals surface area contributed by atoms with Gasteiger partial charge in [-0.3, -0.25) is 9.78 Å². The topological polar surface area (TPSA) is 51.2 Å². The maximum absolute atomic E-state index is 13.6. The van der Waals surface area contributed by atoms with Crippen molar-refractivity contribution < 1.29 is 18.3 Å². The largest absolute Gasteiger partial charge is 0.497 e. The van der Waals surface area contributed by atoms with Crippen LogP contribution in [-0.2, 0) is 6.42 Å². The maximum atomic E-state index is 13.6. The third kappa shape index (κ3) is 4.03. The van der Waals surface area contributed by atoms with Crippen molar-refractivity contribution >= 4 is 11.6 Å². The van der Waals surface area contributed by atoms with Crippen molar-refractivity contribution in [3.05, 3.63) is 89.2 Å². The fourth-order valence-corrected chi connectivity index (χ4v) is 2.50. The molecule has 1 N–H and O–H groups in total. The lowest BCUT2D eigenvalue weighted by atomic mass is 10.1. The normalized spacial score (nSPS) is 10.4. The minimum Gasteiger partial charge on any atom is -0.497 e. The summed E-state index contributed by atoms with van der Waals surface area (Å²) in [4.78, 5) is 16.3. The van der Waals surface area contributed by atoms with Gasteiger partial charge in [-0.05, 0) is 42.0 Å². The minimum atomic E-state index is -0.912. The summed E-state index contributed by atoms with van der Waals surface area (Å²) < 4.78 is 32.5. The molecule has 0 aliphatic heterocycles. The standard InChI is InChI=1S/C20H16F2N2O2/c1-26-16-5-2-4-13(11-16)10-14-8-9-15(12-23-14)24-20(25)19-17(21)6-3-7-18(19)22/h2-9,11-12H,10H2,1H3,(H,24,25). The lowest BCUT2D eigenvalue weighted by Crippen LogP contribution is -2.16. The summed E-state index contributed by atoms with van der Waals surface area (Å²) in [5, 5.41) is 2.45. The van der Waals surface area contributed by atoms with Gasteiger partial charge in [0.25, 0.3) is 5.91 Å². The van der Waals surface area contributed by atoms with Crippen LogP contribution in [-0.4, -0.2) is 18.0 Å². The summed E-state index contributed by atoms with van der Waals surface area (Å²) in [6.45, 7) is 0. The highest BCUT2D eigenvalue weighted by Crippen LogP contribution is 2.18. The van der Waals surface area contributed by atoms with Gasteiger partial charge in [0.15, 0.2) is 0 Å². The highest BCUT2D eigenvalue weighted by atomic mass is 19.1. The van der Waals surface area contributed by atoms with Gasteiger partial charge < -0.3 is 10.1 Å². The number of carbonyl (C=O) groups is 1. The molecule has 3 aromatic rings. The zero-order valence-electron chi connectivity index (χ0n) is 14.0. The van der Waals surface area contributed by atoms with Crippen molar-refractivity contribution in [3.63, 3.8) is 0 Å². The Kier molecular flexibility index (Phi) is 5.22. The van der Waals surface area contributed by atoms with E-state index in [0.29, 0.717) is 12.1 Å². The van der Waals surface area contributed by atoms with Gasteiger partial charge in [-0.2, -0.15) is 0 Å². The second kappa shape index (κ2) is 7.74. The van der Waals surface area contributed by atoms with Crippen LogP contribution in [0.4, 0.5) is 14.5 Å². The quantitative estimate of drug-likeness (QED) is 0.747. The van der Waals surface area contributed by atoms with E-state index in [1.807, 2.05) is 24.3 Å². The number of halogens is 2. The van der Waals surface area contributed by atoms with Crippen molar-refractivity contribution in [3.8, 4) is 5.75 Å². The second-order valence-electron chi connectivity index (χ2n) is 5.62. The molecule has 1 amide bonds. The molecule has 2 aromatic carbocycles. The first kappa shape index (κ1) is 17.5.